The number of aliphatic hydroxyl groups is 1. The van der Waals surface area contributed by atoms with E-state index in [1.807, 2.05) is 0 Å². The highest BCUT2D eigenvalue weighted by Crippen LogP contribution is 2.36. The van der Waals surface area contributed by atoms with E-state index in [1.54, 1.807) is 0 Å². The summed E-state index contributed by atoms with van der Waals surface area (Å²) >= 11 is 5.82. The Morgan fingerprint density at radius 3 is 2.50 bits per heavy atom. The second kappa shape index (κ2) is 14.0. The molecule has 3 aromatic rings. The number of amidine groups is 1. The minimum absolute atomic E-state index is 0.00280. The summed E-state index contributed by atoms with van der Waals surface area (Å²) in [5.41, 5.74) is -2.08. The molecule has 1 saturated heterocycles. The van der Waals surface area contributed by atoms with Crippen LogP contribution in [0.15, 0.2) is 48.8 Å². The molecule has 1 aliphatic heterocycles. The van der Waals surface area contributed by atoms with Crippen molar-refractivity contribution in [3.8, 4) is 5.69 Å². The number of rotatable bonds is 9. The third kappa shape index (κ3) is 7.94. The molecule has 11 nitrogen and oxygen atoms in total. The number of carbonyl (C=O) groups excluding carboxylic acids is 2. The van der Waals surface area contributed by atoms with E-state index in [0.717, 1.165) is 23.1 Å². The average Bonchev–Trinajstić information content (AvgIpc) is 3.67. The van der Waals surface area contributed by atoms with Crippen molar-refractivity contribution in [1.29, 1.82) is 5.41 Å². The molecular weight excluding hydrogens is 648 g/mol. The van der Waals surface area contributed by atoms with Gasteiger partial charge in [-0.1, -0.05) is 17.7 Å². The largest absolute Gasteiger partial charge is 0.418 e. The molecule has 0 bridgehead atoms. The summed E-state index contributed by atoms with van der Waals surface area (Å²) in [5.74, 6) is -1.64. The molecule has 248 valence electrons. The fourth-order valence-corrected chi connectivity index (χ4v) is 4.99. The van der Waals surface area contributed by atoms with E-state index in [-0.39, 0.29) is 34.6 Å². The number of carbonyl (C=O) groups is 2. The molecule has 3 N–H and O–H groups in total. The predicted molar refractivity (Wildman–Crippen MR) is 152 cm³/mol. The van der Waals surface area contributed by atoms with Crippen molar-refractivity contribution in [3.63, 3.8) is 0 Å². The van der Waals surface area contributed by atoms with Crippen molar-refractivity contribution in [1.82, 2.24) is 29.9 Å². The number of para-hydroxylation sites is 1. The van der Waals surface area contributed by atoms with E-state index in [1.165, 1.54) is 42.3 Å². The maximum Gasteiger partial charge on any atom is 0.418 e. The summed E-state index contributed by atoms with van der Waals surface area (Å²) < 4.78 is 87.7. The number of alkyl halides is 6. The molecule has 1 aromatic heterocycles. The predicted octanol–water partition coefficient (Wildman–Crippen LogP) is 4.65. The molecule has 4 rings (SSSR count). The fourth-order valence-electron chi connectivity index (χ4n) is 4.87. The molecule has 0 unspecified atom stereocenters. The lowest BCUT2D eigenvalue weighted by molar-refractivity contribution is -0.204. The van der Waals surface area contributed by atoms with Crippen LogP contribution in [0.25, 0.3) is 5.69 Å². The van der Waals surface area contributed by atoms with Crippen LogP contribution in [0.1, 0.15) is 40.2 Å². The molecule has 1 fully saturated rings. The molecular formula is C28H28ClF6N7O4. The SMILES string of the molecule is COC[C@H]1CCCN1C(=O)c1cccc(C(F)(F)F)c1-n1cnc(CNC(=O)N(C[C@H](O)C(F)(F)F)C(=N)c2ccc(Cl)cc2)n1. The first-order valence-corrected chi connectivity index (χ1v) is 14.0. The van der Waals surface area contributed by atoms with Gasteiger partial charge < -0.3 is 20.1 Å². The van der Waals surface area contributed by atoms with E-state index in [9.17, 15) is 41.0 Å². The normalized spacial score (nSPS) is 15.9. The van der Waals surface area contributed by atoms with Crippen molar-refractivity contribution in [2.24, 2.45) is 0 Å². The van der Waals surface area contributed by atoms with Gasteiger partial charge in [-0.25, -0.2) is 14.5 Å². The molecule has 2 atom stereocenters. The van der Waals surface area contributed by atoms with Crippen LogP contribution < -0.4 is 5.32 Å². The van der Waals surface area contributed by atoms with Crippen LogP contribution in [-0.2, 0) is 17.5 Å². The number of hydrogen-bond donors (Lipinski definition) is 3. The highest BCUT2D eigenvalue weighted by Gasteiger charge is 2.41. The number of methoxy groups -OCH3 is 1. The standard InChI is InChI=1S/C28H28ClF6N7O4/c1-46-14-18-4-3-11-40(18)25(44)19-5-2-6-20(27(30,31)32)23(19)42-15-38-22(39-42)12-37-26(45)41(13-21(43)28(33,34)35)24(36)16-7-9-17(29)10-8-16/h2,5-10,15,18,21,36,43H,3-4,11-14H2,1H3,(H,37,45)/t18-,21+/m1/s1. The smallest absolute Gasteiger partial charge is 0.383 e. The van der Waals surface area contributed by atoms with E-state index < -0.39 is 60.6 Å². The third-order valence-corrected chi connectivity index (χ3v) is 7.35. The molecule has 0 aliphatic carbocycles. The first kappa shape index (κ1) is 34.6. The minimum atomic E-state index is -5.11. The highest BCUT2D eigenvalue weighted by atomic mass is 35.5. The summed E-state index contributed by atoms with van der Waals surface area (Å²) in [6.07, 6.45) is -10.9. The Morgan fingerprint density at radius 2 is 1.87 bits per heavy atom. The molecule has 3 amide bonds. The van der Waals surface area contributed by atoms with Crippen molar-refractivity contribution in [2.45, 2.75) is 43.9 Å². The topological polar surface area (TPSA) is 137 Å². The van der Waals surface area contributed by atoms with Crippen LogP contribution in [0, 0.1) is 5.41 Å². The number of aromatic nitrogens is 3. The Balaban J connectivity index is 1.60. The Morgan fingerprint density at radius 1 is 1.17 bits per heavy atom. The van der Waals surface area contributed by atoms with E-state index >= 15 is 0 Å². The number of urea groups is 1. The fraction of sp³-hybridized carbons (Fsp3) is 0.393. The number of halogens is 7. The van der Waals surface area contributed by atoms with Gasteiger partial charge in [0.2, 0.25) is 0 Å². The van der Waals surface area contributed by atoms with Gasteiger partial charge in [-0.05, 0) is 49.2 Å². The lowest BCUT2D eigenvalue weighted by atomic mass is 10.0. The average molecular weight is 676 g/mol. The van der Waals surface area contributed by atoms with Crippen LogP contribution in [0.3, 0.4) is 0 Å². The molecule has 0 radical (unpaired) electrons. The first-order valence-electron chi connectivity index (χ1n) is 13.7. The van der Waals surface area contributed by atoms with Crippen LogP contribution in [0.5, 0.6) is 0 Å². The zero-order valence-corrected chi connectivity index (χ0v) is 24.8. The lowest BCUT2D eigenvalue weighted by Gasteiger charge is -2.27. The van der Waals surface area contributed by atoms with Crippen LogP contribution in [0.4, 0.5) is 31.1 Å². The number of nitrogens with zero attached hydrogens (tertiary/aromatic N) is 5. The van der Waals surface area contributed by atoms with Gasteiger partial charge in [0.25, 0.3) is 5.91 Å². The van der Waals surface area contributed by atoms with Crippen LogP contribution in [-0.4, -0.2) is 92.6 Å². The third-order valence-electron chi connectivity index (χ3n) is 7.10. The van der Waals surface area contributed by atoms with E-state index in [0.29, 0.717) is 24.3 Å². The maximum atomic E-state index is 14.1. The van der Waals surface area contributed by atoms with Gasteiger partial charge in [-0.15, -0.1) is 5.10 Å². The van der Waals surface area contributed by atoms with Gasteiger partial charge in [0.05, 0.1) is 42.6 Å². The van der Waals surface area contributed by atoms with Gasteiger partial charge in [-0.3, -0.25) is 15.1 Å². The molecule has 2 heterocycles. The zero-order valence-electron chi connectivity index (χ0n) is 24.1. The van der Waals surface area contributed by atoms with Crippen molar-refractivity contribution < 1.29 is 45.8 Å². The molecule has 18 heteroatoms. The number of ether oxygens (including phenoxy) is 1. The summed E-state index contributed by atoms with van der Waals surface area (Å²) in [6.45, 7) is -1.44. The molecule has 1 aliphatic rings. The summed E-state index contributed by atoms with van der Waals surface area (Å²) in [7, 11) is 1.45. The summed E-state index contributed by atoms with van der Waals surface area (Å²) in [4.78, 5) is 32.2. The number of likely N-dealkylation sites (tertiary alicyclic amines) is 1. The second-order valence-electron chi connectivity index (χ2n) is 10.2. The molecule has 0 spiro atoms. The van der Waals surface area contributed by atoms with Crippen LogP contribution >= 0.6 is 11.6 Å². The monoisotopic (exact) mass is 675 g/mol. The van der Waals surface area contributed by atoms with Gasteiger partial charge in [-0.2, -0.15) is 26.3 Å². The molecule has 0 saturated carbocycles. The first-order chi connectivity index (χ1) is 21.6. The van der Waals surface area contributed by atoms with E-state index in [2.05, 4.69) is 15.4 Å². The Bertz CT molecular complexity index is 1560. The van der Waals surface area contributed by atoms with Gasteiger partial charge >= 0.3 is 18.4 Å². The Kier molecular flexibility index (Phi) is 10.6. The Hall–Kier alpha value is -4.22. The van der Waals surface area contributed by atoms with Gasteiger partial charge in [0.15, 0.2) is 11.9 Å². The summed E-state index contributed by atoms with van der Waals surface area (Å²) in [5, 5.41) is 24.4. The van der Waals surface area contributed by atoms with Crippen LogP contribution in [0.2, 0.25) is 5.02 Å². The highest BCUT2D eigenvalue weighted by molar-refractivity contribution is 6.30. The second-order valence-corrected chi connectivity index (χ2v) is 10.7. The zero-order chi connectivity index (χ0) is 33.8. The number of benzene rings is 2. The van der Waals surface area contributed by atoms with E-state index in [4.69, 9.17) is 21.7 Å². The number of aliphatic hydroxyl groups excluding tert-OH is 1. The quantitative estimate of drug-likeness (QED) is 0.172. The van der Waals surface area contributed by atoms with Crippen molar-refractivity contribution >= 4 is 29.4 Å². The Labute approximate surface area is 263 Å². The minimum Gasteiger partial charge on any atom is -0.383 e. The maximum absolute atomic E-state index is 14.1. The van der Waals surface area contributed by atoms with Crippen molar-refractivity contribution in [2.75, 3.05) is 26.8 Å². The summed E-state index contributed by atoms with van der Waals surface area (Å²) in [6, 6.07) is 6.75. The number of amides is 3. The van der Waals surface area contributed by atoms with Gasteiger partial charge in [0.1, 0.15) is 12.2 Å². The number of nitrogens with one attached hydrogen (secondary N) is 2. The lowest BCUT2D eigenvalue weighted by Crippen LogP contribution is -2.50. The number of hydrogen-bond acceptors (Lipinski definition) is 7. The molecule has 2 aromatic carbocycles. The van der Waals surface area contributed by atoms with Gasteiger partial charge in [0, 0.05) is 24.2 Å². The molecule has 46 heavy (non-hydrogen) atoms. The van der Waals surface area contributed by atoms with Crippen molar-refractivity contribution in [3.05, 3.63) is 76.3 Å².